The van der Waals surface area contributed by atoms with Crippen molar-refractivity contribution in [1.82, 2.24) is 0 Å². The van der Waals surface area contributed by atoms with Gasteiger partial charge in [0.2, 0.25) is 0 Å². The minimum atomic E-state index is -0.633. The molecule has 1 N–H and O–H groups in total. The van der Waals surface area contributed by atoms with E-state index in [-0.39, 0.29) is 23.7 Å². The molecular weight excluding hydrogens is 152 g/mol. The monoisotopic (exact) mass is 164 g/mol. The second kappa shape index (κ2) is 2.79. The molecule has 10 heavy (non-hydrogen) atoms. The Kier molecular flexibility index (Phi) is 2.72. The molecular formula is C7H13ClO2. The fourth-order valence-electron chi connectivity index (χ4n) is 1.32. The Labute approximate surface area is 67.0 Å². The average molecular weight is 165 g/mol. The van der Waals surface area contributed by atoms with Gasteiger partial charge in [0, 0.05) is 0 Å². The molecule has 0 aromatic rings. The number of rotatable bonds is 1. The number of carbonyl (C=O) groups is 1. The molecule has 0 aromatic carbocycles. The summed E-state index contributed by atoms with van der Waals surface area (Å²) in [5, 5.41) is 8.57. The topological polar surface area (TPSA) is 37.3 Å². The summed E-state index contributed by atoms with van der Waals surface area (Å²) in [6, 6.07) is 0. The molecule has 0 amide bonds. The lowest BCUT2D eigenvalue weighted by Gasteiger charge is -2.41. The quantitative estimate of drug-likeness (QED) is 0.643. The standard InChI is InChI=1S/C7H12O2.ClH/c1-7(2)4-3-5(7)6(8)9;/h5H,3-4H2,1-2H3,(H,8,9);1H. The molecule has 0 saturated heterocycles. The zero-order valence-corrected chi connectivity index (χ0v) is 7.07. The van der Waals surface area contributed by atoms with E-state index in [9.17, 15) is 4.79 Å². The van der Waals surface area contributed by atoms with Crippen molar-refractivity contribution in [2.75, 3.05) is 0 Å². The molecule has 3 heteroatoms. The van der Waals surface area contributed by atoms with E-state index in [1.165, 1.54) is 0 Å². The molecule has 0 spiro atoms. The van der Waals surface area contributed by atoms with Crippen molar-refractivity contribution in [3.05, 3.63) is 0 Å². The van der Waals surface area contributed by atoms with Crippen molar-refractivity contribution < 1.29 is 9.90 Å². The Bertz CT molecular complexity index is 143. The molecule has 0 aromatic heterocycles. The maximum absolute atomic E-state index is 10.4. The number of carboxylic acid groups (broad SMARTS) is 1. The van der Waals surface area contributed by atoms with Crippen molar-refractivity contribution in [1.29, 1.82) is 0 Å². The van der Waals surface area contributed by atoms with Gasteiger partial charge in [-0.05, 0) is 18.3 Å². The zero-order valence-electron chi connectivity index (χ0n) is 6.26. The van der Waals surface area contributed by atoms with Crippen LogP contribution in [0.4, 0.5) is 0 Å². The molecule has 1 fully saturated rings. The van der Waals surface area contributed by atoms with Crippen molar-refractivity contribution in [2.45, 2.75) is 26.7 Å². The predicted molar refractivity (Wildman–Crippen MR) is 41.4 cm³/mol. The molecule has 0 heterocycles. The first-order valence-corrected chi connectivity index (χ1v) is 3.27. The minimum Gasteiger partial charge on any atom is -0.481 e. The highest BCUT2D eigenvalue weighted by Crippen LogP contribution is 2.45. The Morgan fingerprint density at radius 2 is 2.10 bits per heavy atom. The summed E-state index contributed by atoms with van der Waals surface area (Å²) in [5.74, 6) is -0.719. The van der Waals surface area contributed by atoms with Crippen LogP contribution in [0, 0.1) is 11.3 Å². The van der Waals surface area contributed by atoms with Crippen molar-refractivity contribution in [3.8, 4) is 0 Å². The van der Waals surface area contributed by atoms with E-state index in [1.807, 2.05) is 13.8 Å². The minimum absolute atomic E-state index is 0. The molecule has 0 bridgehead atoms. The Morgan fingerprint density at radius 1 is 1.60 bits per heavy atom. The highest BCUT2D eigenvalue weighted by molar-refractivity contribution is 5.85. The van der Waals surface area contributed by atoms with E-state index in [2.05, 4.69) is 0 Å². The molecule has 1 atom stereocenters. The normalized spacial score (nSPS) is 28.0. The number of carboxylic acids is 1. The first kappa shape index (κ1) is 9.76. The summed E-state index contributed by atoms with van der Waals surface area (Å²) in [5.41, 5.74) is 0.0613. The van der Waals surface area contributed by atoms with Gasteiger partial charge in [0.25, 0.3) is 0 Å². The van der Waals surface area contributed by atoms with E-state index >= 15 is 0 Å². The van der Waals surface area contributed by atoms with E-state index < -0.39 is 5.97 Å². The van der Waals surface area contributed by atoms with Crippen LogP contribution in [0.15, 0.2) is 0 Å². The fourth-order valence-corrected chi connectivity index (χ4v) is 1.32. The van der Waals surface area contributed by atoms with Crippen LogP contribution in [0.25, 0.3) is 0 Å². The zero-order chi connectivity index (χ0) is 7.07. The molecule has 1 aliphatic carbocycles. The maximum Gasteiger partial charge on any atom is 0.307 e. The third-order valence-corrected chi connectivity index (χ3v) is 2.32. The van der Waals surface area contributed by atoms with Crippen molar-refractivity contribution >= 4 is 18.4 Å². The van der Waals surface area contributed by atoms with Crippen LogP contribution in [0.2, 0.25) is 0 Å². The van der Waals surface area contributed by atoms with E-state index in [4.69, 9.17) is 5.11 Å². The summed E-state index contributed by atoms with van der Waals surface area (Å²) < 4.78 is 0. The first-order chi connectivity index (χ1) is 4.04. The van der Waals surface area contributed by atoms with E-state index in [0.29, 0.717) is 0 Å². The Balaban J connectivity index is 0.000000810. The van der Waals surface area contributed by atoms with Gasteiger partial charge in [-0.25, -0.2) is 0 Å². The van der Waals surface area contributed by atoms with Crippen molar-refractivity contribution in [2.24, 2.45) is 11.3 Å². The van der Waals surface area contributed by atoms with E-state index in [0.717, 1.165) is 12.8 Å². The molecule has 2 nitrogen and oxygen atoms in total. The summed E-state index contributed by atoms with van der Waals surface area (Å²) >= 11 is 0. The van der Waals surface area contributed by atoms with Crippen LogP contribution in [0.5, 0.6) is 0 Å². The lowest BCUT2D eigenvalue weighted by atomic mass is 9.63. The lowest BCUT2D eigenvalue weighted by Crippen LogP contribution is -2.39. The Hall–Kier alpha value is -0.240. The summed E-state index contributed by atoms with van der Waals surface area (Å²) in [4.78, 5) is 10.4. The molecule has 0 aliphatic heterocycles. The fraction of sp³-hybridized carbons (Fsp3) is 0.857. The molecule has 60 valence electrons. The summed E-state index contributed by atoms with van der Waals surface area (Å²) in [7, 11) is 0. The Morgan fingerprint density at radius 3 is 2.10 bits per heavy atom. The van der Waals surface area contributed by atoms with Gasteiger partial charge >= 0.3 is 5.97 Å². The second-order valence-corrected chi connectivity index (χ2v) is 3.42. The molecule has 1 unspecified atom stereocenters. The van der Waals surface area contributed by atoms with Crippen molar-refractivity contribution in [3.63, 3.8) is 0 Å². The molecule has 1 saturated carbocycles. The summed E-state index contributed by atoms with van der Waals surface area (Å²) in [6.45, 7) is 4.02. The average Bonchev–Trinajstić information content (AvgIpc) is 1.62. The maximum atomic E-state index is 10.4. The van der Waals surface area contributed by atoms with E-state index in [1.54, 1.807) is 0 Å². The second-order valence-electron chi connectivity index (χ2n) is 3.42. The first-order valence-electron chi connectivity index (χ1n) is 3.27. The van der Waals surface area contributed by atoms with Crippen LogP contribution in [-0.4, -0.2) is 11.1 Å². The third-order valence-electron chi connectivity index (χ3n) is 2.32. The van der Waals surface area contributed by atoms with Crippen LogP contribution >= 0.6 is 12.4 Å². The predicted octanol–water partition coefficient (Wildman–Crippen LogP) is 1.93. The van der Waals surface area contributed by atoms with Gasteiger partial charge in [-0.2, -0.15) is 0 Å². The van der Waals surface area contributed by atoms with Gasteiger partial charge in [0.15, 0.2) is 0 Å². The van der Waals surface area contributed by atoms with Crippen LogP contribution in [-0.2, 0) is 4.79 Å². The van der Waals surface area contributed by atoms with Gasteiger partial charge in [0.1, 0.15) is 0 Å². The van der Waals surface area contributed by atoms with Crippen LogP contribution in [0.1, 0.15) is 26.7 Å². The SMILES string of the molecule is CC1(C)CCC1C(=O)O.Cl. The summed E-state index contributed by atoms with van der Waals surface area (Å²) in [6.07, 6.45) is 1.92. The number of halogens is 1. The number of hydrogen-bond donors (Lipinski definition) is 1. The smallest absolute Gasteiger partial charge is 0.307 e. The third kappa shape index (κ3) is 1.43. The molecule has 1 rings (SSSR count). The molecule has 1 aliphatic rings. The van der Waals surface area contributed by atoms with Gasteiger partial charge in [-0.3, -0.25) is 4.79 Å². The van der Waals surface area contributed by atoms with Crippen LogP contribution < -0.4 is 0 Å². The van der Waals surface area contributed by atoms with Gasteiger partial charge in [0.05, 0.1) is 5.92 Å². The van der Waals surface area contributed by atoms with Gasteiger partial charge in [-0.1, -0.05) is 13.8 Å². The number of hydrogen-bond acceptors (Lipinski definition) is 1. The number of aliphatic carboxylic acids is 1. The highest BCUT2D eigenvalue weighted by atomic mass is 35.5. The van der Waals surface area contributed by atoms with Gasteiger partial charge in [-0.15, -0.1) is 12.4 Å². The highest BCUT2D eigenvalue weighted by Gasteiger charge is 2.43. The van der Waals surface area contributed by atoms with Gasteiger partial charge < -0.3 is 5.11 Å². The lowest BCUT2D eigenvalue weighted by molar-refractivity contribution is -0.152. The van der Waals surface area contributed by atoms with Crippen LogP contribution in [0.3, 0.4) is 0 Å². The molecule has 0 radical (unpaired) electrons. The largest absolute Gasteiger partial charge is 0.481 e.